The summed E-state index contributed by atoms with van der Waals surface area (Å²) in [6, 6.07) is 18.5. The highest BCUT2D eigenvalue weighted by molar-refractivity contribution is 7.13. The Balaban J connectivity index is 0.881. The first-order valence-electron chi connectivity index (χ1n) is 25.8. The van der Waals surface area contributed by atoms with Gasteiger partial charge >= 0.3 is 0 Å². The maximum atomic E-state index is 17.2. The SMILES string of the molecule is CCC(=O)N1CCN(c2nc(NCCC(=O)N(C)CCOc3cc(-c4scnc4C)ccc3CNC(=O)[C@@H]3C[C@@H](O)CN3C(=O)[C@H](c3cc(C)no3)C(C)C)nc3c(F)c(-c4cc(O)cc5ccccc45)c(Cl)cc23)CC1. The van der Waals surface area contributed by atoms with Gasteiger partial charge in [0.05, 0.1) is 39.4 Å². The molecular formula is C56H62ClFN10O8S. The number of benzene rings is 4. The number of ether oxygens (including phenoxy) is 1. The van der Waals surface area contributed by atoms with E-state index < -0.39 is 29.8 Å². The normalized spacial score (nSPS) is 16.1. The molecule has 0 saturated carbocycles. The van der Waals surface area contributed by atoms with E-state index in [1.807, 2.05) is 75.1 Å². The number of hydrogen-bond acceptors (Lipinski definition) is 15. The quantitative estimate of drug-likeness (QED) is 0.0639. The summed E-state index contributed by atoms with van der Waals surface area (Å²) >= 11 is 8.42. The number of rotatable bonds is 18. The third kappa shape index (κ3) is 11.8. The molecule has 2 aliphatic rings. The zero-order valence-corrected chi connectivity index (χ0v) is 45.4. The summed E-state index contributed by atoms with van der Waals surface area (Å²) in [6.07, 6.45) is -0.401. The zero-order chi connectivity index (χ0) is 54.7. The van der Waals surface area contributed by atoms with E-state index in [2.05, 4.69) is 25.8 Å². The Kier molecular flexibility index (Phi) is 16.6. The summed E-state index contributed by atoms with van der Waals surface area (Å²) in [6.45, 7) is 11.5. The molecule has 0 bridgehead atoms. The van der Waals surface area contributed by atoms with Gasteiger partial charge in [-0.05, 0) is 65.9 Å². The first kappa shape index (κ1) is 54.4. The fourth-order valence-corrected chi connectivity index (χ4v) is 11.2. The van der Waals surface area contributed by atoms with E-state index in [0.29, 0.717) is 82.9 Å². The lowest BCUT2D eigenvalue weighted by Gasteiger charge is -2.36. The molecule has 0 spiro atoms. The number of aromatic hydroxyl groups is 1. The number of hydrogen-bond donors (Lipinski definition) is 4. The smallest absolute Gasteiger partial charge is 0.243 e. The van der Waals surface area contributed by atoms with Crippen LogP contribution >= 0.6 is 22.9 Å². The largest absolute Gasteiger partial charge is 0.508 e. The van der Waals surface area contributed by atoms with Gasteiger partial charge in [-0.15, -0.1) is 11.3 Å². The number of thiazole rings is 1. The molecular weight excluding hydrogens is 1030 g/mol. The van der Waals surface area contributed by atoms with Crippen LogP contribution in [0.1, 0.15) is 68.7 Å². The molecule has 3 atom stereocenters. The Hall–Kier alpha value is -7.42. The van der Waals surface area contributed by atoms with Crippen molar-refractivity contribution < 1.29 is 43.0 Å². The number of anilines is 2. The molecule has 0 aliphatic carbocycles. The number of aliphatic hydroxyl groups excluding tert-OH is 1. The number of phenols is 1. The molecule has 404 valence electrons. The molecule has 2 fully saturated rings. The van der Waals surface area contributed by atoms with Crippen LogP contribution in [0.3, 0.4) is 0 Å². The topological polar surface area (TPSA) is 220 Å². The number of halogens is 2. The highest BCUT2D eigenvalue weighted by Crippen LogP contribution is 2.43. The molecule has 2 aliphatic heterocycles. The van der Waals surface area contributed by atoms with Crippen molar-refractivity contribution in [1.82, 2.24) is 40.1 Å². The minimum Gasteiger partial charge on any atom is -0.508 e. The number of nitrogens with zero attached hydrogens (tertiary/aromatic N) is 8. The van der Waals surface area contributed by atoms with E-state index in [1.54, 1.807) is 47.5 Å². The molecule has 4 amide bonds. The number of amides is 4. The third-order valence-corrected chi connectivity index (χ3v) is 15.5. The molecule has 4 aromatic carbocycles. The fourth-order valence-electron chi connectivity index (χ4n) is 10.1. The predicted molar refractivity (Wildman–Crippen MR) is 294 cm³/mol. The number of carbonyl (C=O) groups is 4. The highest BCUT2D eigenvalue weighted by Gasteiger charge is 2.43. The Morgan fingerprint density at radius 3 is 2.51 bits per heavy atom. The summed E-state index contributed by atoms with van der Waals surface area (Å²) in [5.74, 6) is -1.13. The molecule has 9 rings (SSSR count). The van der Waals surface area contributed by atoms with E-state index >= 15 is 4.39 Å². The lowest BCUT2D eigenvalue weighted by atomic mass is 9.91. The second kappa shape index (κ2) is 23.4. The molecule has 0 radical (unpaired) electrons. The van der Waals surface area contributed by atoms with E-state index in [1.165, 1.54) is 22.3 Å². The monoisotopic (exact) mass is 1090 g/mol. The average Bonchev–Trinajstić information content (AvgIpc) is 4.18. The van der Waals surface area contributed by atoms with Crippen molar-refractivity contribution in [2.24, 2.45) is 5.92 Å². The van der Waals surface area contributed by atoms with E-state index in [4.69, 9.17) is 25.8 Å². The van der Waals surface area contributed by atoms with Crippen LogP contribution in [0, 0.1) is 25.6 Å². The summed E-state index contributed by atoms with van der Waals surface area (Å²) in [5, 5.41) is 33.4. The van der Waals surface area contributed by atoms with Gasteiger partial charge in [-0.2, -0.15) is 4.98 Å². The molecule has 21 heteroatoms. The first-order valence-corrected chi connectivity index (χ1v) is 27.0. The third-order valence-electron chi connectivity index (χ3n) is 14.2. The van der Waals surface area contributed by atoms with Crippen molar-refractivity contribution in [2.45, 2.75) is 78.5 Å². The molecule has 3 aromatic heterocycles. The van der Waals surface area contributed by atoms with E-state index in [0.717, 1.165) is 16.1 Å². The maximum absolute atomic E-state index is 17.2. The minimum absolute atomic E-state index is 0.00378. The number of β-amino-alcohol motifs (C(OH)–C–C–N with tert-alkyl or cyclic N) is 1. The van der Waals surface area contributed by atoms with Crippen LogP contribution in [0.25, 0.3) is 43.2 Å². The molecule has 2 saturated heterocycles. The fraction of sp³-hybridized carbons (Fsp3) is 0.393. The maximum Gasteiger partial charge on any atom is 0.243 e. The van der Waals surface area contributed by atoms with Gasteiger partial charge in [0.15, 0.2) is 5.82 Å². The van der Waals surface area contributed by atoms with Crippen LogP contribution in [0.4, 0.5) is 16.2 Å². The number of phenolic OH excluding ortho intramolecular Hbond substituents is 1. The van der Waals surface area contributed by atoms with Crippen LogP contribution in [0.2, 0.25) is 5.02 Å². The van der Waals surface area contributed by atoms with Crippen LogP contribution < -0.4 is 20.3 Å². The Morgan fingerprint density at radius 2 is 1.79 bits per heavy atom. The summed E-state index contributed by atoms with van der Waals surface area (Å²) in [4.78, 5) is 75.7. The number of aryl methyl sites for hydroxylation is 2. The van der Waals surface area contributed by atoms with Crippen molar-refractivity contribution in [3.05, 3.63) is 106 Å². The van der Waals surface area contributed by atoms with E-state index in [-0.39, 0.29) is 97.1 Å². The van der Waals surface area contributed by atoms with Crippen molar-refractivity contribution >= 4 is 80.0 Å². The van der Waals surface area contributed by atoms with Crippen molar-refractivity contribution in [3.63, 3.8) is 0 Å². The highest BCUT2D eigenvalue weighted by atomic mass is 35.5. The molecule has 18 nitrogen and oxygen atoms in total. The second-order valence-electron chi connectivity index (χ2n) is 19.9. The average molecular weight is 1090 g/mol. The number of piperazine rings is 1. The van der Waals surface area contributed by atoms with Crippen molar-refractivity contribution in [2.75, 3.05) is 69.7 Å². The number of fused-ring (bicyclic) bond motifs is 2. The summed E-state index contributed by atoms with van der Waals surface area (Å²) < 4.78 is 29.0. The van der Waals surface area contributed by atoms with Crippen LogP contribution in [-0.4, -0.2) is 140 Å². The Morgan fingerprint density at radius 1 is 1.01 bits per heavy atom. The zero-order valence-electron chi connectivity index (χ0n) is 43.8. The van der Waals surface area contributed by atoms with Gasteiger partial charge in [-0.3, -0.25) is 19.2 Å². The summed E-state index contributed by atoms with van der Waals surface area (Å²) in [5.41, 5.74) is 5.23. The van der Waals surface area contributed by atoms with Gasteiger partial charge in [0, 0.05) is 94.7 Å². The number of likely N-dealkylation sites (N-methyl/N-ethyl adjacent to an activating group) is 1. The summed E-state index contributed by atoms with van der Waals surface area (Å²) in [7, 11) is 1.67. The number of carbonyl (C=O) groups excluding carboxylic acids is 4. The first-order chi connectivity index (χ1) is 37.0. The molecule has 7 aromatic rings. The number of nitrogens with one attached hydrogen (secondary N) is 2. The van der Waals surface area contributed by atoms with Crippen molar-refractivity contribution in [3.8, 4) is 33.1 Å². The Bertz CT molecular complexity index is 3350. The van der Waals surface area contributed by atoms with Crippen LogP contribution in [0.15, 0.2) is 76.8 Å². The van der Waals surface area contributed by atoms with Gasteiger partial charge in [0.1, 0.15) is 47.2 Å². The molecule has 0 unspecified atom stereocenters. The van der Waals surface area contributed by atoms with Crippen molar-refractivity contribution in [1.29, 1.82) is 0 Å². The minimum atomic E-state index is -0.917. The van der Waals surface area contributed by atoms with Gasteiger partial charge in [0.25, 0.3) is 0 Å². The lowest BCUT2D eigenvalue weighted by molar-refractivity contribution is -0.141. The lowest BCUT2D eigenvalue weighted by Crippen LogP contribution is -2.49. The Labute approximate surface area is 454 Å². The van der Waals surface area contributed by atoms with Crippen LogP contribution in [-0.2, 0) is 25.7 Å². The molecule has 4 N–H and O–H groups in total. The molecule has 77 heavy (non-hydrogen) atoms. The van der Waals surface area contributed by atoms with Crippen LogP contribution in [0.5, 0.6) is 11.5 Å². The van der Waals surface area contributed by atoms with Gasteiger partial charge < -0.3 is 49.7 Å². The standard InChI is InChI=1S/C56H62ClFN10O8S/c1-7-46(71)66-16-18-67(19-17-66)53-41-27-42(57)49(40-25-37(69)23-34-10-8-9-11-39(34)40)50(58)51(41)62-56(63-53)59-15-14-47(72)65(6)20-21-75-44-24-35(52-33(5)61-30-77-52)12-13-36(44)28-60-54(73)43-26-38(70)29-68(43)55(74)48(31(2)3)45-22-32(4)64-76-45/h8-13,22-25,27,30-31,38,43,48,69-70H,7,14-21,26,28-29H2,1-6H3,(H,60,73)(H,59,62,63)/t38-,43+,48+/m1/s1. The number of aromatic nitrogens is 4. The number of likely N-dealkylation sites (tertiary alicyclic amines) is 1. The number of aliphatic hydroxyl groups is 1. The van der Waals surface area contributed by atoms with Gasteiger partial charge in [-0.25, -0.2) is 14.4 Å². The predicted octanol–water partition coefficient (Wildman–Crippen LogP) is 8.09. The van der Waals surface area contributed by atoms with Gasteiger partial charge in [0.2, 0.25) is 29.6 Å². The molecule has 5 heterocycles. The second-order valence-corrected chi connectivity index (χ2v) is 21.1. The van der Waals surface area contributed by atoms with Gasteiger partial charge in [-0.1, -0.05) is 73.9 Å². The van der Waals surface area contributed by atoms with E-state index in [9.17, 15) is 29.4 Å².